The van der Waals surface area contributed by atoms with Gasteiger partial charge < -0.3 is 25.3 Å². The van der Waals surface area contributed by atoms with Gasteiger partial charge in [0, 0.05) is 25.3 Å². The number of aliphatic imine (C=N–C) groups is 1. The fraction of sp³-hybridized carbons (Fsp3) is 0.667. The minimum atomic E-state index is 0. The number of ether oxygens (including phenoxy) is 3. The Morgan fingerprint density at radius 3 is 2.52 bits per heavy atom. The van der Waals surface area contributed by atoms with Crippen molar-refractivity contribution in [3.05, 3.63) is 23.8 Å². The number of guanidine groups is 1. The Bertz CT molecular complexity index is 659. The highest BCUT2D eigenvalue weighted by Gasteiger charge is 2.39. The third kappa shape index (κ3) is 6.36. The Kier molecular flexibility index (Phi) is 9.78. The van der Waals surface area contributed by atoms with Gasteiger partial charge in [-0.25, -0.2) is 0 Å². The number of rotatable bonds is 8. The number of hydrogen-bond donors (Lipinski definition) is 2. The number of likely N-dealkylation sites (tertiary alicyclic amines) is 1. The Morgan fingerprint density at radius 2 is 1.86 bits per heavy atom. The normalized spacial score (nSPS) is 19.4. The fourth-order valence-corrected chi connectivity index (χ4v) is 4.18. The van der Waals surface area contributed by atoms with Gasteiger partial charge in [-0.15, -0.1) is 24.0 Å². The summed E-state index contributed by atoms with van der Waals surface area (Å²) < 4.78 is 16.2. The first-order chi connectivity index (χ1) is 13.7. The summed E-state index contributed by atoms with van der Waals surface area (Å²) in [7, 11) is 3.29. The van der Waals surface area contributed by atoms with Crippen LogP contribution in [-0.4, -0.2) is 70.0 Å². The maximum atomic E-state index is 6.16. The van der Waals surface area contributed by atoms with E-state index >= 15 is 0 Å². The van der Waals surface area contributed by atoms with Crippen molar-refractivity contribution in [3.8, 4) is 11.5 Å². The Balaban J connectivity index is 0.00000300. The second-order valence-electron chi connectivity index (χ2n) is 7.60. The van der Waals surface area contributed by atoms with Gasteiger partial charge >= 0.3 is 0 Å². The second-order valence-corrected chi connectivity index (χ2v) is 7.60. The molecule has 29 heavy (non-hydrogen) atoms. The largest absolute Gasteiger partial charge is 0.493 e. The summed E-state index contributed by atoms with van der Waals surface area (Å²) in [6.07, 6.45) is 5.48. The maximum absolute atomic E-state index is 6.16. The SMILES string of the molecule is COc1ccc(CCNC(N)=NCC2(N3CCCC3)CCOCC2)cc1OC.I. The van der Waals surface area contributed by atoms with Crippen molar-refractivity contribution in [1.29, 1.82) is 0 Å². The molecule has 0 saturated carbocycles. The summed E-state index contributed by atoms with van der Waals surface area (Å²) in [5.74, 6) is 2.00. The summed E-state index contributed by atoms with van der Waals surface area (Å²) in [5.41, 5.74) is 7.44. The van der Waals surface area contributed by atoms with E-state index in [1.807, 2.05) is 18.2 Å². The molecule has 2 aliphatic heterocycles. The van der Waals surface area contributed by atoms with E-state index in [1.54, 1.807) is 14.2 Å². The summed E-state index contributed by atoms with van der Waals surface area (Å²) in [6.45, 7) is 5.44. The van der Waals surface area contributed by atoms with Crippen LogP contribution in [0.25, 0.3) is 0 Å². The molecule has 2 aliphatic rings. The van der Waals surface area contributed by atoms with Crippen molar-refractivity contribution in [2.75, 3.05) is 53.6 Å². The number of nitrogens with one attached hydrogen (secondary N) is 1. The van der Waals surface area contributed by atoms with E-state index in [0.29, 0.717) is 5.96 Å². The van der Waals surface area contributed by atoms with Gasteiger partial charge in [0.1, 0.15) is 0 Å². The van der Waals surface area contributed by atoms with E-state index in [2.05, 4.69) is 10.2 Å². The molecule has 3 N–H and O–H groups in total. The van der Waals surface area contributed by atoms with Crippen molar-refractivity contribution in [1.82, 2.24) is 10.2 Å². The molecule has 1 aromatic rings. The molecule has 0 atom stereocenters. The van der Waals surface area contributed by atoms with Crippen molar-refractivity contribution < 1.29 is 14.2 Å². The van der Waals surface area contributed by atoms with E-state index in [-0.39, 0.29) is 29.5 Å². The molecule has 2 heterocycles. The molecule has 3 rings (SSSR count). The average molecular weight is 518 g/mol. The standard InChI is InChI=1S/C21H34N4O3.HI/c1-26-18-6-5-17(15-19(18)27-2)7-10-23-20(22)24-16-21(8-13-28-14-9-21)25-11-3-4-12-25;/h5-6,15H,3-4,7-14,16H2,1-2H3,(H3,22,23,24);1H. The Labute approximate surface area is 191 Å². The lowest BCUT2D eigenvalue weighted by molar-refractivity contribution is -0.0138. The van der Waals surface area contributed by atoms with Crippen LogP contribution in [0.3, 0.4) is 0 Å². The van der Waals surface area contributed by atoms with Crippen LogP contribution in [0.15, 0.2) is 23.2 Å². The van der Waals surface area contributed by atoms with Crippen LogP contribution in [0.1, 0.15) is 31.2 Å². The summed E-state index contributed by atoms with van der Waals surface area (Å²) in [6, 6.07) is 5.97. The minimum absolute atomic E-state index is 0. The predicted octanol–water partition coefficient (Wildman–Crippen LogP) is 2.41. The molecule has 1 aromatic carbocycles. The molecule has 0 bridgehead atoms. The number of halogens is 1. The van der Waals surface area contributed by atoms with Gasteiger partial charge in [0.15, 0.2) is 17.5 Å². The van der Waals surface area contributed by atoms with Crippen molar-refractivity contribution in [2.24, 2.45) is 10.7 Å². The zero-order valence-electron chi connectivity index (χ0n) is 17.6. The van der Waals surface area contributed by atoms with Gasteiger partial charge in [-0.05, 0) is 62.9 Å². The van der Waals surface area contributed by atoms with E-state index in [9.17, 15) is 0 Å². The van der Waals surface area contributed by atoms with Crippen molar-refractivity contribution in [3.63, 3.8) is 0 Å². The smallest absolute Gasteiger partial charge is 0.188 e. The van der Waals surface area contributed by atoms with Crippen LogP contribution < -0.4 is 20.5 Å². The van der Waals surface area contributed by atoms with Crippen LogP contribution >= 0.6 is 24.0 Å². The van der Waals surface area contributed by atoms with Gasteiger partial charge in [0.25, 0.3) is 0 Å². The average Bonchev–Trinajstić information content (AvgIpc) is 3.28. The second kappa shape index (κ2) is 11.8. The first-order valence-electron chi connectivity index (χ1n) is 10.2. The van der Waals surface area contributed by atoms with Crippen LogP contribution in [0, 0.1) is 0 Å². The topological polar surface area (TPSA) is 81.3 Å². The van der Waals surface area contributed by atoms with Gasteiger partial charge in [-0.1, -0.05) is 6.07 Å². The highest BCUT2D eigenvalue weighted by molar-refractivity contribution is 14.0. The maximum Gasteiger partial charge on any atom is 0.188 e. The number of nitrogens with two attached hydrogens (primary N) is 1. The predicted molar refractivity (Wildman–Crippen MR) is 127 cm³/mol. The quantitative estimate of drug-likeness (QED) is 0.313. The number of benzene rings is 1. The van der Waals surface area contributed by atoms with Gasteiger partial charge in [0.2, 0.25) is 0 Å². The molecule has 0 amide bonds. The molecule has 0 aromatic heterocycles. The summed E-state index contributed by atoms with van der Waals surface area (Å²) in [4.78, 5) is 7.31. The Hall–Kier alpha value is -1.26. The molecular weight excluding hydrogens is 483 g/mol. The Morgan fingerprint density at radius 1 is 1.17 bits per heavy atom. The van der Waals surface area contributed by atoms with E-state index in [1.165, 1.54) is 25.9 Å². The monoisotopic (exact) mass is 518 g/mol. The summed E-state index contributed by atoms with van der Waals surface area (Å²) >= 11 is 0. The molecule has 2 fully saturated rings. The minimum Gasteiger partial charge on any atom is -0.493 e. The molecule has 0 radical (unpaired) electrons. The van der Waals surface area contributed by atoms with E-state index < -0.39 is 0 Å². The van der Waals surface area contributed by atoms with Crippen molar-refractivity contribution in [2.45, 2.75) is 37.6 Å². The fourth-order valence-electron chi connectivity index (χ4n) is 4.18. The molecule has 0 spiro atoms. The zero-order valence-corrected chi connectivity index (χ0v) is 19.9. The third-order valence-electron chi connectivity index (χ3n) is 5.91. The highest BCUT2D eigenvalue weighted by atomic mass is 127. The van der Waals surface area contributed by atoms with E-state index in [0.717, 1.165) is 62.6 Å². The zero-order chi connectivity index (χ0) is 19.8. The molecule has 0 aliphatic carbocycles. The van der Waals surface area contributed by atoms with Crippen LogP contribution in [0.4, 0.5) is 0 Å². The first kappa shape index (κ1) is 24.0. The van der Waals surface area contributed by atoms with Gasteiger partial charge in [0.05, 0.1) is 20.8 Å². The molecule has 8 heteroatoms. The van der Waals surface area contributed by atoms with Gasteiger partial charge in [-0.3, -0.25) is 9.89 Å². The highest BCUT2D eigenvalue weighted by Crippen LogP contribution is 2.31. The van der Waals surface area contributed by atoms with Gasteiger partial charge in [-0.2, -0.15) is 0 Å². The number of methoxy groups -OCH3 is 2. The number of nitrogens with zero attached hydrogens (tertiary/aromatic N) is 2. The summed E-state index contributed by atoms with van der Waals surface area (Å²) in [5, 5.41) is 3.25. The third-order valence-corrected chi connectivity index (χ3v) is 5.91. The molecule has 164 valence electrons. The lowest BCUT2D eigenvalue weighted by Crippen LogP contribution is -2.53. The van der Waals surface area contributed by atoms with Crippen LogP contribution in [0.5, 0.6) is 11.5 Å². The molecule has 7 nitrogen and oxygen atoms in total. The molecular formula is C21H35IN4O3. The first-order valence-corrected chi connectivity index (χ1v) is 10.2. The molecule has 0 unspecified atom stereocenters. The molecule has 2 saturated heterocycles. The number of hydrogen-bond acceptors (Lipinski definition) is 5. The lowest BCUT2D eigenvalue weighted by Gasteiger charge is -2.43. The van der Waals surface area contributed by atoms with Crippen LogP contribution in [0.2, 0.25) is 0 Å². The lowest BCUT2D eigenvalue weighted by atomic mass is 9.88. The van der Waals surface area contributed by atoms with Crippen LogP contribution in [-0.2, 0) is 11.2 Å². The van der Waals surface area contributed by atoms with E-state index in [4.69, 9.17) is 24.9 Å². The van der Waals surface area contributed by atoms with Crippen molar-refractivity contribution >= 4 is 29.9 Å².